The molecule has 0 unspecified atom stereocenters. The average Bonchev–Trinajstić information content (AvgIpc) is 3.18. The fourth-order valence-electron chi connectivity index (χ4n) is 3.92. The van der Waals surface area contributed by atoms with Crippen LogP contribution in [0.4, 0.5) is 13.2 Å². The molecule has 0 spiro atoms. The Bertz CT molecular complexity index is 1510. The molecule has 0 atom stereocenters. The van der Waals surface area contributed by atoms with Gasteiger partial charge in [-0.25, -0.2) is 12.4 Å². The molecule has 4 aromatic rings. The molecule has 35 heavy (non-hydrogen) atoms. The number of aliphatic carboxylic acids is 1. The van der Waals surface area contributed by atoms with Crippen LogP contribution >= 0.6 is 0 Å². The third-order valence-electron chi connectivity index (χ3n) is 5.50. The fourth-order valence-corrected chi connectivity index (χ4v) is 5.42. The molecule has 6 nitrogen and oxygen atoms in total. The summed E-state index contributed by atoms with van der Waals surface area (Å²) in [5.74, 6) is -1.37. The Morgan fingerprint density at radius 2 is 1.69 bits per heavy atom. The largest absolute Gasteiger partial charge is 0.573 e. The first kappa shape index (κ1) is 24.3. The lowest BCUT2D eigenvalue weighted by molar-refractivity contribution is -0.274. The number of nitrogens with zero attached hydrogens (tertiary/aromatic N) is 1. The number of halogens is 3. The minimum atomic E-state index is -4.81. The van der Waals surface area contributed by atoms with Crippen LogP contribution < -0.4 is 4.74 Å². The average molecular weight is 503 g/mol. The predicted octanol–water partition coefficient (Wildman–Crippen LogP) is 5.77. The molecule has 0 radical (unpaired) electrons. The Morgan fingerprint density at radius 3 is 2.34 bits per heavy atom. The van der Waals surface area contributed by atoms with Crippen molar-refractivity contribution in [1.29, 1.82) is 0 Å². The molecule has 182 valence electrons. The maximum Gasteiger partial charge on any atom is 0.573 e. The van der Waals surface area contributed by atoms with Gasteiger partial charge < -0.3 is 9.84 Å². The second kappa shape index (κ2) is 9.10. The van der Waals surface area contributed by atoms with Crippen LogP contribution in [0.3, 0.4) is 0 Å². The summed E-state index contributed by atoms with van der Waals surface area (Å²) in [7, 11) is -4.07. The van der Waals surface area contributed by atoms with Gasteiger partial charge in [0, 0.05) is 18.0 Å². The minimum Gasteiger partial charge on any atom is -0.481 e. The van der Waals surface area contributed by atoms with Crippen LogP contribution in [0.5, 0.6) is 5.75 Å². The lowest BCUT2D eigenvalue weighted by Crippen LogP contribution is -2.16. The normalized spacial score (nSPS) is 12.1. The van der Waals surface area contributed by atoms with Crippen LogP contribution in [-0.4, -0.2) is 29.8 Å². The highest BCUT2D eigenvalue weighted by Crippen LogP contribution is 2.32. The van der Waals surface area contributed by atoms with Crippen molar-refractivity contribution in [3.8, 4) is 16.9 Å². The highest BCUT2D eigenvalue weighted by atomic mass is 32.2. The number of carboxylic acid groups (broad SMARTS) is 1. The summed E-state index contributed by atoms with van der Waals surface area (Å²) in [6.07, 6.45) is -3.33. The van der Waals surface area contributed by atoms with E-state index in [1.165, 1.54) is 30.5 Å². The first-order valence-corrected chi connectivity index (χ1v) is 11.9. The van der Waals surface area contributed by atoms with Crippen molar-refractivity contribution >= 4 is 26.9 Å². The first-order valence-electron chi connectivity index (χ1n) is 10.5. The van der Waals surface area contributed by atoms with Gasteiger partial charge in [-0.15, -0.1) is 13.2 Å². The van der Waals surface area contributed by atoms with Crippen LogP contribution in [0.25, 0.3) is 22.0 Å². The number of alkyl halides is 3. The fraction of sp³-hybridized carbons (Fsp3) is 0.160. The predicted molar refractivity (Wildman–Crippen MR) is 124 cm³/mol. The van der Waals surface area contributed by atoms with Crippen molar-refractivity contribution in [1.82, 2.24) is 3.97 Å². The zero-order chi connectivity index (χ0) is 25.4. The van der Waals surface area contributed by atoms with Crippen LogP contribution in [0, 0.1) is 6.92 Å². The Kier molecular flexibility index (Phi) is 6.33. The molecule has 1 aromatic heterocycles. The minimum absolute atomic E-state index is 0.0180. The summed E-state index contributed by atoms with van der Waals surface area (Å²) >= 11 is 0. The summed E-state index contributed by atoms with van der Waals surface area (Å²) in [6, 6.07) is 16.5. The van der Waals surface area contributed by atoms with Gasteiger partial charge in [0.2, 0.25) is 0 Å². The van der Waals surface area contributed by atoms with Crippen LogP contribution in [-0.2, 0) is 21.2 Å². The van der Waals surface area contributed by atoms with E-state index in [2.05, 4.69) is 4.74 Å². The van der Waals surface area contributed by atoms with E-state index in [9.17, 15) is 26.4 Å². The molecule has 0 aliphatic heterocycles. The van der Waals surface area contributed by atoms with Gasteiger partial charge in [0.05, 0.1) is 10.4 Å². The number of hydrogen-bond acceptors (Lipinski definition) is 4. The number of benzene rings is 3. The third-order valence-corrected chi connectivity index (χ3v) is 7.15. The number of hydrogen-bond donors (Lipinski definition) is 1. The van der Waals surface area contributed by atoms with E-state index in [0.29, 0.717) is 33.2 Å². The third kappa shape index (κ3) is 5.17. The van der Waals surface area contributed by atoms with Crippen molar-refractivity contribution < 1.29 is 36.2 Å². The molecule has 0 saturated heterocycles. The second-order valence-electron chi connectivity index (χ2n) is 7.92. The number of rotatable bonds is 7. The molecule has 3 aromatic carbocycles. The van der Waals surface area contributed by atoms with E-state index >= 15 is 0 Å². The molecular weight excluding hydrogens is 483 g/mol. The number of para-hydroxylation sites is 1. The lowest BCUT2D eigenvalue weighted by atomic mass is 10.1. The molecule has 1 N–H and O–H groups in total. The van der Waals surface area contributed by atoms with Gasteiger partial charge in [-0.1, -0.05) is 42.5 Å². The maximum absolute atomic E-state index is 13.6. The summed E-state index contributed by atoms with van der Waals surface area (Å²) in [5, 5.41) is 9.73. The molecule has 1 heterocycles. The summed E-state index contributed by atoms with van der Waals surface area (Å²) in [4.78, 5) is 11.1. The van der Waals surface area contributed by atoms with Gasteiger partial charge in [0.1, 0.15) is 5.75 Å². The van der Waals surface area contributed by atoms with E-state index in [4.69, 9.17) is 5.11 Å². The molecule has 4 rings (SSSR count). The Hall–Kier alpha value is -3.79. The quantitative estimate of drug-likeness (QED) is 0.346. The summed E-state index contributed by atoms with van der Waals surface area (Å²) in [5.41, 5.74) is 2.78. The highest BCUT2D eigenvalue weighted by molar-refractivity contribution is 7.90. The number of aromatic nitrogens is 1. The van der Waals surface area contributed by atoms with Gasteiger partial charge in [-0.05, 0) is 59.9 Å². The van der Waals surface area contributed by atoms with Crippen molar-refractivity contribution in [3.63, 3.8) is 0 Å². The SMILES string of the molecule is Cc1cccc2c(CCC(=O)O)cn(S(=O)(=O)c3cccc(-c4ccc(OC(F)(F)F)cc4)c3)c12. The molecular formula is C25H20F3NO5S. The molecule has 0 amide bonds. The Morgan fingerprint density at radius 1 is 1.00 bits per heavy atom. The van der Waals surface area contributed by atoms with Gasteiger partial charge in [-0.3, -0.25) is 4.79 Å². The number of carbonyl (C=O) groups is 1. The van der Waals surface area contributed by atoms with Crippen LogP contribution in [0.2, 0.25) is 0 Å². The summed E-state index contributed by atoms with van der Waals surface area (Å²) in [6.45, 7) is 1.77. The van der Waals surface area contributed by atoms with Crippen LogP contribution in [0.1, 0.15) is 17.5 Å². The zero-order valence-corrected chi connectivity index (χ0v) is 19.2. The van der Waals surface area contributed by atoms with Crippen molar-refractivity contribution in [2.45, 2.75) is 31.0 Å². The second-order valence-corrected chi connectivity index (χ2v) is 9.73. The lowest BCUT2D eigenvalue weighted by Gasteiger charge is -2.12. The number of ether oxygens (including phenoxy) is 1. The monoisotopic (exact) mass is 503 g/mol. The highest BCUT2D eigenvalue weighted by Gasteiger charge is 2.31. The van der Waals surface area contributed by atoms with E-state index in [-0.39, 0.29) is 23.5 Å². The molecule has 0 fully saturated rings. The maximum atomic E-state index is 13.6. The molecule has 10 heteroatoms. The van der Waals surface area contributed by atoms with Gasteiger partial charge >= 0.3 is 12.3 Å². The molecule has 0 bridgehead atoms. The molecule has 0 aliphatic rings. The molecule has 0 aliphatic carbocycles. The first-order chi connectivity index (χ1) is 16.5. The van der Waals surface area contributed by atoms with Gasteiger partial charge in [-0.2, -0.15) is 0 Å². The van der Waals surface area contributed by atoms with E-state index in [1.807, 2.05) is 0 Å². The zero-order valence-electron chi connectivity index (χ0n) is 18.4. The van der Waals surface area contributed by atoms with Crippen LogP contribution in [0.15, 0.2) is 77.8 Å². The summed E-state index contributed by atoms with van der Waals surface area (Å²) < 4.78 is 69.6. The Labute approximate surface area is 199 Å². The number of carboxylic acids is 1. The van der Waals surface area contributed by atoms with Gasteiger partial charge in [0.25, 0.3) is 10.0 Å². The van der Waals surface area contributed by atoms with Gasteiger partial charge in [0.15, 0.2) is 0 Å². The number of fused-ring (bicyclic) bond motifs is 1. The van der Waals surface area contributed by atoms with E-state index < -0.39 is 22.4 Å². The van der Waals surface area contributed by atoms with E-state index in [0.717, 1.165) is 16.1 Å². The van der Waals surface area contributed by atoms with E-state index in [1.54, 1.807) is 37.3 Å². The smallest absolute Gasteiger partial charge is 0.481 e. The van der Waals surface area contributed by atoms with Crippen molar-refractivity contribution in [2.75, 3.05) is 0 Å². The standard InChI is InChI=1S/C25H20F3NO5S/c1-16-4-2-7-22-19(10-13-23(30)31)15-29(24(16)22)35(32,33)21-6-3-5-18(14-21)17-8-11-20(12-9-17)34-25(26,27)28/h2-9,11-12,14-15H,10,13H2,1H3,(H,30,31). The molecule has 0 saturated carbocycles. The number of aryl methyl sites for hydroxylation is 2. The topological polar surface area (TPSA) is 85.6 Å². The Balaban J connectivity index is 1.75. The van der Waals surface area contributed by atoms with Crippen molar-refractivity contribution in [2.24, 2.45) is 0 Å². The van der Waals surface area contributed by atoms with Crippen molar-refractivity contribution in [3.05, 3.63) is 84.1 Å².